The van der Waals surface area contributed by atoms with E-state index in [2.05, 4.69) is 0 Å². The smallest absolute Gasteiger partial charge is 0.373 e. The summed E-state index contributed by atoms with van der Waals surface area (Å²) in [5, 5.41) is 9.77. The van der Waals surface area contributed by atoms with Gasteiger partial charge in [0.05, 0.1) is 11.7 Å². The van der Waals surface area contributed by atoms with Crippen LogP contribution in [0.5, 0.6) is 0 Å². The highest BCUT2D eigenvalue weighted by atomic mass is 32.2. The summed E-state index contributed by atoms with van der Waals surface area (Å²) in [6.45, 7) is 1.03. The summed E-state index contributed by atoms with van der Waals surface area (Å²) in [6, 6.07) is 16.3. The van der Waals surface area contributed by atoms with E-state index in [0.717, 1.165) is 11.8 Å². The highest BCUT2D eigenvalue weighted by molar-refractivity contribution is 8.00. The van der Waals surface area contributed by atoms with Gasteiger partial charge in [-0.05, 0) is 24.3 Å². The van der Waals surface area contributed by atoms with E-state index in [-0.39, 0.29) is 13.0 Å². The number of ether oxygens (including phenoxy) is 1. The Morgan fingerprint density at radius 1 is 1.09 bits per heavy atom. The third-order valence-electron chi connectivity index (χ3n) is 5.22. The topological polar surface area (TPSA) is 113 Å². The quantitative estimate of drug-likeness (QED) is 0.658. The molecule has 2 heterocycles. The lowest BCUT2D eigenvalue weighted by molar-refractivity contribution is -0.255. The Morgan fingerprint density at radius 3 is 2.31 bits per heavy atom. The third kappa shape index (κ3) is 3.71. The molecule has 0 spiro atoms. The number of cyclic esters (lactones) is 1. The van der Waals surface area contributed by atoms with Crippen molar-refractivity contribution in [2.24, 2.45) is 0 Å². The summed E-state index contributed by atoms with van der Waals surface area (Å²) in [7, 11) is 0. The van der Waals surface area contributed by atoms with Crippen molar-refractivity contribution in [3.63, 3.8) is 0 Å². The maximum atomic E-state index is 13.4. The fourth-order valence-corrected chi connectivity index (χ4v) is 5.09. The molecular weight excluding hydrogens is 436 g/mol. The van der Waals surface area contributed by atoms with Crippen molar-refractivity contribution in [3.8, 4) is 0 Å². The van der Waals surface area contributed by atoms with Gasteiger partial charge in [0.15, 0.2) is 0 Å². The van der Waals surface area contributed by atoms with Crippen LogP contribution in [-0.2, 0) is 28.8 Å². The Hall–Kier alpha value is -3.37. The van der Waals surface area contributed by atoms with Crippen LogP contribution in [0, 0.1) is 0 Å². The molecule has 0 radical (unpaired) electrons. The monoisotopic (exact) mass is 456 g/mol. The van der Waals surface area contributed by atoms with E-state index in [1.165, 1.54) is 11.8 Å². The summed E-state index contributed by atoms with van der Waals surface area (Å²) < 4.78 is 5.26. The van der Waals surface area contributed by atoms with Gasteiger partial charge < -0.3 is 9.84 Å². The minimum absolute atomic E-state index is 0.223. The number of hydroxylamine groups is 2. The second kappa shape index (κ2) is 8.64. The molecule has 2 aromatic carbocycles. The van der Waals surface area contributed by atoms with Gasteiger partial charge in [0.2, 0.25) is 5.91 Å². The van der Waals surface area contributed by atoms with E-state index >= 15 is 0 Å². The molecule has 2 amide bonds. The number of hydrogen-bond donors (Lipinski definition) is 1. The fraction of sp³-hybridized carbons (Fsp3) is 0.273. The van der Waals surface area contributed by atoms with Crippen LogP contribution in [0.25, 0.3) is 0 Å². The Morgan fingerprint density at radius 2 is 1.72 bits per heavy atom. The lowest BCUT2D eigenvalue weighted by Gasteiger charge is -2.35. The molecule has 2 aliphatic rings. The zero-order chi connectivity index (χ0) is 22.9. The molecule has 2 aromatic rings. The number of carbonyl (C=O) groups excluding carboxylic acids is 3. The molecular formula is C22H20N2O7S. The van der Waals surface area contributed by atoms with E-state index in [0.29, 0.717) is 15.6 Å². The van der Waals surface area contributed by atoms with Crippen molar-refractivity contribution >= 4 is 41.2 Å². The molecule has 9 nitrogen and oxygen atoms in total. The van der Waals surface area contributed by atoms with Crippen molar-refractivity contribution in [1.29, 1.82) is 0 Å². The number of para-hydroxylation sites is 1. The molecule has 3 atom stereocenters. The Kier molecular flexibility index (Phi) is 5.90. The molecule has 0 bridgehead atoms. The van der Waals surface area contributed by atoms with Crippen LogP contribution in [0.15, 0.2) is 65.6 Å². The minimum Gasteiger partial charge on any atom is -0.477 e. The number of anilines is 1. The van der Waals surface area contributed by atoms with Crippen LogP contribution in [0.3, 0.4) is 0 Å². The Labute approximate surface area is 187 Å². The first-order valence-corrected chi connectivity index (χ1v) is 10.7. The molecule has 32 heavy (non-hydrogen) atoms. The number of benzene rings is 2. The third-order valence-corrected chi connectivity index (χ3v) is 6.53. The van der Waals surface area contributed by atoms with Crippen molar-refractivity contribution in [2.75, 3.05) is 11.5 Å². The molecule has 0 aromatic heterocycles. The van der Waals surface area contributed by atoms with E-state index in [1.54, 1.807) is 54.6 Å². The average molecular weight is 456 g/mol. The van der Waals surface area contributed by atoms with Gasteiger partial charge in [0.25, 0.3) is 5.91 Å². The first kappa shape index (κ1) is 21.8. The summed E-state index contributed by atoms with van der Waals surface area (Å²) in [5.74, 6) is -3.48. The van der Waals surface area contributed by atoms with Crippen molar-refractivity contribution in [2.45, 2.75) is 35.3 Å². The van der Waals surface area contributed by atoms with E-state index in [1.807, 2.05) is 6.07 Å². The number of amides is 2. The van der Waals surface area contributed by atoms with Crippen molar-refractivity contribution in [1.82, 2.24) is 5.06 Å². The van der Waals surface area contributed by atoms with Gasteiger partial charge in [0, 0.05) is 17.5 Å². The fourth-order valence-electron chi connectivity index (χ4n) is 3.83. The van der Waals surface area contributed by atoms with Gasteiger partial charge in [-0.25, -0.2) is 4.79 Å². The van der Waals surface area contributed by atoms with Gasteiger partial charge in [-0.2, -0.15) is 5.06 Å². The zero-order valence-corrected chi connectivity index (χ0v) is 17.9. The molecule has 2 unspecified atom stereocenters. The maximum absolute atomic E-state index is 13.4. The Balaban J connectivity index is 1.68. The summed E-state index contributed by atoms with van der Waals surface area (Å²) in [5.41, 5.74) is -1.89. The van der Waals surface area contributed by atoms with Crippen LogP contribution >= 0.6 is 11.8 Å². The number of hydrogen-bond acceptors (Lipinski definition) is 7. The zero-order valence-electron chi connectivity index (χ0n) is 17.0. The van der Waals surface area contributed by atoms with Gasteiger partial charge in [-0.3, -0.25) is 24.1 Å². The molecule has 2 aliphatic heterocycles. The first-order valence-electron chi connectivity index (χ1n) is 9.83. The van der Waals surface area contributed by atoms with E-state index in [9.17, 15) is 24.3 Å². The molecule has 0 saturated carbocycles. The highest BCUT2D eigenvalue weighted by Gasteiger charge is 2.65. The standard InChI is InChI=1S/C22H20N2O7S/c1-14(25)23(15-8-4-2-5-9-15)17-13-30-24(20(17)27)22(21(28)29)18(12-19(26)31-22)32-16-10-6-3-7-11-16/h2-11,17-18H,12-13H2,1H3,(H,28,29)/t17-,18?,22?/m0/s1. The number of aliphatic carboxylic acids is 1. The second-order valence-electron chi connectivity index (χ2n) is 7.27. The second-order valence-corrected chi connectivity index (χ2v) is 8.54. The molecule has 166 valence electrons. The van der Waals surface area contributed by atoms with Crippen LogP contribution in [-0.4, -0.2) is 57.5 Å². The molecule has 0 aliphatic carbocycles. The van der Waals surface area contributed by atoms with Gasteiger partial charge in [-0.1, -0.05) is 36.4 Å². The molecule has 2 saturated heterocycles. The van der Waals surface area contributed by atoms with Crippen LogP contribution in [0.4, 0.5) is 5.69 Å². The minimum atomic E-state index is -2.36. The van der Waals surface area contributed by atoms with Crippen LogP contribution in [0.2, 0.25) is 0 Å². The van der Waals surface area contributed by atoms with E-state index in [4.69, 9.17) is 9.57 Å². The predicted molar refractivity (Wildman–Crippen MR) is 113 cm³/mol. The SMILES string of the molecule is CC(=O)N(c1ccccc1)[C@H]1CON(C2(C(=O)O)OC(=O)CC2Sc2ccccc2)C1=O. The number of esters is 1. The van der Waals surface area contributed by atoms with Gasteiger partial charge in [-0.15, -0.1) is 11.8 Å². The number of nitrogens with zero attached hydrogens (tertiary/aromatic N) is 2. The Bertz CT molecular complexity index is 1050. The largest absolute Gasteiger partial charge is 0.477 e. The molecule has 2 fully saturated rings. The first-order chi connectivity index (χ1) is 15.3. The van der Waals surface area contributed by atoms with Crippen molar-refractivity contribution < 1.29 is 33.9 Å². The summed E-state index contributed by atoms with van der Waals surface area (Å²) >= 11 is 1.11. The van der Waals surface area contributed by atoms with Crippen molar-refractivity contribution in [3.05, 3.63) is 60.7 Å². The van der Waals surface area contributed by atoms with Gasteiger partial charge >= 0.3 is 17.7 Å². The van der Waals surface area contributed by atoms with Crippen LogP contribution in [0.1, 0.15) is 13.3 Å². The van der Waals surface area contributed by atoms with E-state index < -0.39 is 40.8 Å². The lowest BCUT2D eigenvalue weighted by atomic mass is 10.1. The summed E-state index contributed by atoms with van der Waals surface area (Å²) in [4.78, 5) is 57.9. The van der Waals surface area contributed by atoms with Gasteiger partial charge in [0.1, 0.15) is 12.6 Å². The van der Waals surface area contributed by atoms with Crippen LogP contribution < -0.4 is 4.90 Å². The number of carboxylic acids is 1. The number of thioether (sulfide) groups is 1. The predicted octanol–water partition coefficient (Wildman–Crippen LogP) is 2.07. The molecule has 1 N–H and O–H groups in total. The lowest BCUT2D eigenvalue weighted by Crippen LogP contribution is -2.61. The molecule has 10 heteroatoms. The highest BCUT2D eigenvalue weighted by Crippen LogP contribution is 2.44. The number of carbonyl (C=O) groups is 4. The molecule has 4 rings (SSSR count). The summed E-state index contributed by atoms with van der Waals surface area (Å²) in [6.07, 6.45) is -0.223. The maximum Gasteiger partial charge on any atom is 0.373 e. The number of rotatable bonds is 6. The number of carboxylic acid groups (broad SMARTS) is 1. The normalized spacial score (nSPS) is 25.0. The average Bonchev–Trinajstić information content (AvgIpc) is 3.30.